The summed E-state index contributed by atoms with van der Waals surface area (Å²) in [5, 5.41) is 2.55. The number of hydrogen-bond acceptors (Lipinski definition) is 6. The van der Waals surface area contributed by atoms with E-state index in [-0.39, 0.29) is 17.2 Å². The molecular formula is C18H18N2O5. The van der Waals surface area contributed by atoms with E-state index in [2.05, 4.69) is 5.32 Å². The van der Waals surface area contributed by atoms with Crippen LogP contribution in [0.2, 0.25) is 0 Å². The minimum atomic E-state index is -0.733. The van der Waals surface area contributed by atoms with E-state index in [9.17, 15) is 14.4 Å². The number of methoxy groups -OCH3 is 2. The van der Waals surface area contributed by atoms with Crippen molar-refractivity contribution in [3.63, 3.8) is 0 Å². The van der Waals surface area contributed by atoms with Crippen LogP contribution in [0.3, 0.4) is 0 Å². The van der Waals surface area contributed by atoms with Gasteiger partial charge in [0.2, 0.25) is 0 Å². The molecule has 1 aliphatic heterocycles. The number of anilines is 1. The smallest absolute Gasteiger partial charge is 0.355 e. The van der Waals surface area contributed by atoms with Crippen LogP contribution in [0.1, 0.15) is 10.4 Å². The molecule has 1 heterocycles. The van der Waals surface area contributed by atoms with Crippen LogP contribution in [0.5, 0.6) is 0 Å². The Morgan fingerprint density at radius 2 is 1.68 bits per heavy atom. The Morgan fingerprint density at radius 3 is 2.32 bits per heavy atom. The molecule has 1 N–H and O–H groups in total. The third-order valence-corrected chi connectivity index (χ3v) is 3.52. The molecule has 1 amide bonds. The second kappa shape index (κ2) is 7.96. The van der Waals surface area contributed by atoms with Crippen LogP contribution in [0.25, 0.3) is 0 Å². The van der Waals surface area contributed by atoms with Gasteiger partial charge in [-0.25, -0.2) is 9.59 Å². The summed E-state index contributed by atoms with van der Waals surface area (Å²) in [6.07, 6.45) is 6.26. The zero-order valence-corrected chi connectivity index (χ0v) is 14.1. The molecule has 0 aromatic heterocycles. The van der Waals surface area contributed by atoms with E-state index in [1.54, 1.807) is 42.6 Å². The maximum absolute atomic E-state index is 12.4. The maximum Gasteiger partial charge on any atom is 0.355 e. The van der Waals surface area contributed by atoms with Gasteiger partial charge in [0.15, 0.2) is 0 Å². The van der Waals surface area contributed by atoms with Gasteiger partial charge >= 0.3 is 11.9 Å². The lowest BCUT2D eigenvalue weighted by Gasteiger charge is -2.24. The first-order valence-electron chi connectivity index (χ1n) is 7.41. The number of para-hydroxylation sites is 1. The lowest BCUT2D eigenvalue weighted by molar-refractivity contribution is -0.139. The summed E-state index contributed by atoms with van der Waals surface area (Å²) in [5.41, 5.74) is 0.729. The Kier molecular flexibility index (Phi) is 5.73. The molecule has 0 spiro atoms. The molecule has 1 aliphatic rings. The molecule has 0 radical (unpaired) electrons. The number of rotatable bonds is 4. The predicted octanol–water partition coefficient (Wildman–Crippen LogP) is 1.54. The van der Waals surface area contributed by atoms with Crippen molar-refractivity contribution in [2.75, 3.05) is 26.2 Å². The monoisotopic (exact) mass is 342 g/mol. The number of nitrogens with zero attached hydrogens (tertiary/aromatic N) is 1. The second-order valence-corrected chi connectivity index (χ2v) is 4.91. The molecule has 1 aromatic carbocycles. The highest BCUT2D eigenvalue weighted by atomic mass is 16.5. The van der Waals surface area contributed by atoms with Crippen LogP contribution in [0, 0.1) is 0 Å². The number of amides is 1. The minimum absolute atomic E-state index is 0.0195. The van der Waals surface area contributed by atoms with Gasteiger partial charge in [-0.15, -0.1) is 0 Å². The van der Waals surface area contributed by atoms with Crippen molar-refractivity contribution < 1.29 is 23.9 Å². The Morgan fingerprint density at radius 1 is 1.00 bits per heavy atom. The predicted molar refractivity (Wildman–Crippen MR) is 91.6 cm³/mol. The molecule has 0 saturated heterocycles. The average Bonchev–Trinajstić information content (AvgIpc) is 2.88. The van der Waals surface area contributed by atoms with Crippen molar-refractivity contribution in [1.82, 2.24) is 5.32 Å². The molecule has 25 heavy (non-hydrogen) atoms. The number of carbonyl (C=O) groups excluding carboxylic acids is 3. The molecule has 130 valence electrons. The van der Waals surface area contributed by atoms with Crippen LogP contribution in [0.15, 0.2) is 60.0 Å². The fraction of sp³-hybridized carbons (Fsp3) is 0.167. The summed E-state index contributed by atoms with van der Waals surface area (Å²) < 4.78 is 9.60. The van der Waals surface area contributed by atoms with Crippen molar-refractivity contribution in [3.8, 4) is 0 Å². The summed E-state index contributed by atoms with van der Waals surface area (Å²) in [4.78, 5) is 38.1. The van der Waals surface area contributed by atoms with Crippen LogP contribution >= 0.6 is 0 Å². The van der Waals surface area contributed by atoms with Gasteiger partial charge in [0.25, 0.3) is 5.91 Å². The molecule has 7 heteroatoms. The van der Waals surface area contributed by atoms with Gasteiger partial charge in [-0.2, -0.15) is 0 Å². The topological polar surface area (TPSA) is 84.9 Å². The third kappa shape index (κ3) is 3.60. The highest BCUT2D eigenvalue weighted by molar-refractivity contribution is 6.07. The van der Waals surface area contributed by atoms with Gasteiger partial charge in [0, 0.05) is 13.2 Å². The van der Waals surface area contributed by atoms with E-state index < -0.39 is 11.9 Å². The summed E-state index contributed by atoms with van der Waals surface area (Å²) in [5.74, 6) is -1.75. The number of hydrogen-bond donors (Lipinski definition) is 1. The first-order valence-corrected chi connectivity index (χ1v) is 7.41. The van der Waals surface area contributed by atoms with Crippen LogP contribution < -0.4 is 10.2 Å². The maximum atomic E-state index is 12.4. The number of esters is 2. The summed E-state index contributed by atoms with van der Waals surface area (Å²) >= 11 is 0. The van der Waals surface area contributed by atoms with Crippen molar-refractivity contribution >= 4 is 23.5 Å². The highest BCUT2D eigenvalue weighted by Crippen LogP contribution is 2.29. The van der Waals surface area contributed by atoms with Gasteiger partial charge in [-0.05, 0) is 24.3 Å². The Balaban J connectivity index is 2.72. The second-order valence-electron chi connectivity index (χ2n) is 4.91. The molecule has 0 atom stereocenters. The van der Waals surface area contributed by atoms with E-state index in [0.29, 0.717) is 11.3 Å². The summed E-state index contributed by atoms with van der Waals surface area (Å²) in [6, 6.07) is 6.71. The number of ether oxygens (including phenoxy) is 2. The molecule has 0 aliphatic carbocycles. The quantitative estimate of drug-likeness (QED) is 0.836. The Hall–Kier alpha value is -3.35. The number of benzene rings is 1. The van der Waals surface area contributed by atoms with E-state index in [4.69, 9.17) is 9.47 Å². The molecule has 0 bridgehead atoms. The number of allylic oxidation sites excluding steroid dienone is 2. The fourth-order valence-electron chi connectivity index (χ4n) is 2.36. The van der Waals surface area contributed by atoms with Crippen molar-refractivity contribution in [3.05, 3.63) is 65.5 Å². The minimum Gasteiger partial charge on any atom is -0.465 e. The standard InChI is InChI=1S/C18H18N2O5/c1-19-16(21)12-8-4-5-10-14(12)20-11-7-6-9-13(17(22)24-2)15(20)18(23)25-3/h4-11H,1-3H3,(H,19,21). The highest BCUT2D eigenvalue weighted by Gasteiger charge is 2.29. The first-order chi connectivity index (χ1) is 12.0. The van der Waals surface area contributed by atoms with Crippen LogP contribution in [0.4, 0.5) is 5.69 Å². The zero-order chi connectivity index (χ0) is 18.4. The fourth-order valence-corrected chi connectivity index (χ4v) is 2.36. The Labute approximate surface area is 145 Å². The van der Waals surface area contributed by atoms with Crippen LogP contribution in [-0.2, 0) is 19.1 Å². The Bertz CT molecular complexity index is 792. The number of nitrogens with one attached hydrogen (secondary N) is 1. The molecule has 1 aromatic rings. The molecule has 0 unspecified atom stereocenters. The molecule has 7 nitrogen and oxygen atoms in total. The average molecular weight is 342 g/mol. The van der Waals surface area contributed by atoms with Gasteiger partial charge < -0.3 is 19.7 Å². The van der Waals surface area contributed by atoms with E-state index in [0.717, 1.165) is 0 Å². The van der Waals surface area contributed by atoms with E-state index in [1.165, 1.54) is 32.2 Å². The summed E-state index contributed by atoms with van der Waals surface area (Å²) in [6.45, 7) is 0. The van der Waals surface area contributed by atoms with Crippen LogP contribution in [-0.4, -0.2) is 39.1 Å². The van der Waals surface area contributed by atoms with Gasteiger partial charge in [-0.1, -0.05) is 18.2 Å². The summed E-state index contributed by atoms with van der Waals surface area (Å²) in [7, 11) is 3.94. The molecular weight excluding hydrogens is 324 g/mol. The normalized spacial score (nSPS) is 13.3. The molecule has 0 saturated carbocycles. The van der Waals surface area contributed by atoms with Gasteiger partial charge in [0.1, 0.15) is 5.70 Å². The third-order valence-electron chi connectivity index (χ3n) is 3.52. The zero-order valence-electron chi connectivity index (χ0n) is 14.1. The van der Waals surface area contributed by atoms with Crippen molar-refractivity contribution in [2.45, 2.75) is 0 Å². The largest absolute Gasteiger partial charge is 0.465 e. The van der Waals surface area contributed by atoms with Crippen molar-refractivity contribution in [2.24, 2.45) is 0 Å². The van der Waals surface area contributed by atoms with Gasteiger partial charge in [0.05, 0.1) is 31.0 Å². The van der Waals surface area contributed by atoms with E-state index >= 15 is 0 Å². The lowest BCUT2D eigenvalue weighted by atomic mass is 10.1. The van der Waals surface area contributed by atoms with Crippen molar-refractivity contribution in [1.29, 1.82) is 0 Å². The first kappa shape index (κ1) is 18.0. The van der Waals surface area contributed by atoms with Gasteiger partial charge in [-0.3, -0.25) is 4.79 Å². The lowest BCUT2D eigenvalue weighted by Crippen LogP contribution is -2.29. The van der Waals surface area contributed by atoms with E-state index in [1.807, 2.05) is 0 Å². The molecule has 0 fully saturated rings. The SMILES string of the molecule is CNC(=O)c1ccccc1N1C=CC=CC(C(=O)OC)=C1C(=O)OC. The number of carbonyl (C=O) groups is 3. The molecule has 2 rings (SSSR count).